The number of likely N-dealkylation sites (tertiary alicyclic amines) is 1. The van der Waals surface area contributed by atoms with Gasteiger partial charge in [0.15, 0.2) is 17.5 Å². The number of amides is 1. The fourth-order valence-electron chi connectivity index (χ4n) is 2.49. The van der Waals surface area contributed by atoms with Crippen LogP contribution in [0.5, 0.6) is 5.88 Å². The molecule has 0 N–H and O–H groups in total. The van der Waals surface area contributed by atoms with Gasteiger partial charge in [0.2, 0.25) is 5.88 Å². The SMILES string of the molecule is Cc1ccc(OC2CCN(C(=O)c3ccc(F)c(F)c3F)C2)nn1. The number of carbonyl (C=O) groups excluding carboxylic acids is 1. The molecular weight excluding hydrogens is 323 g/mol. The van der Waals surface area contributed by atoms with Gasteiger partial charge in [-0.3, -0.25) is 4.79 Å². The number of ether oxygens (including phenoxy) is 1. The van der Waals surface area contributed by atoms with Gasteiger partial charge in [0.05, 0.1) is 17.8 Å². The fourth-order valence-corrected chi connectivity index (χ4v) is 2.49. The highest BCUT2D eigenvalue weighted by Gasteiger charge is 2.31. The number of hydrogen-bond acceptors (Lipinski definition) is 4. The molecule has 1 atom stereocenters. The van der Waals surface area contributed by atoms with Gasteiger partial charge in [0, 0.05) is 19.0 Å². The first-order valence-electron chi connectivity index (χ1n) is 7.35. The maximum atomic E-state index is 13.7. The number of aryl methyl sites for hydroxylation is 1. The zero-order chi connectivity index (χ0) is 17.3. The molecule has 0 aliphatic carbocycles. The molecule has 1 saturated heterocycles. The Labute approximate surface area is 136 Å². The van der Waals surface area contributed by atoms with Gasteiger partial charge in [-0.25, -0.2) is 13.2 Å². The molecule has 0 radical (unpaired) electrons. The molecule has 1 aromatic heterocycles. The normalized spacial score (nSPS) is 17.2. The monoisotopic (exact) mass is 337 g/mol. The Morgan fingerprint density at radius 1 is 1.17 bits per heavy atom. The molecule has 126 valence electrons. The van der Waals surface area contributed by atoms with E-state index in [9.17, 15) is 18.0 Å². The smallest absolute Gasteiger partial charge is 0.257 e. The molecule has 0 bridgehead atoms. The Bertz CT molecular complexity index is 768. The van der Waals surface area contributed by atoms with Gasteiger partial charge in [0.1, 0.15) is 6.10 Å². The van der Waals surface area contributed by atoms with Crippen LogP contribution in [0.2, 0.25) is 0 Å². The summed E-state index contributed by atoms with van der Waals surface area (Å²) in [6, 6.07) is 5.09. The summed E-state index contributed by atoms with van der Waals surface area (Å²) in [4.78, 5) is 13.6. The van der Waals surface area contributed by atoms with Crippen LogP contribution in [0.25, 0.3) is 0 Å². The van der Waals surface area contributed by atoms with Gasteiger partial charge in [-0.15, -0.1) is 5.10 Å². The van der Waals surface area contributed by atoms with E-state index < -0.39 is 28.9 Å². The van der Waals surface area contributed by atoms with Gasteiger partial charge in [0.25, 0.3) is 5.91 Å². The van der Waals surface area contributed by atoms with Crippen molar-refractivity contribution >= 4 is 5.91 Å². The largest absolute Gasteiger partial charge is 0.471 e. The molecule has 1 aromatic carbocycles. The van der Waals surface area contributed by atoms with Crippen LogP contribution in [0.3, 0.4) is 0 Å². The van der Waals surface area contributed by atoms with E-state index in [1.807, 2.05) is 0 Å². The molecule has 2 aromatic rings. The van der Waals surface area contributed by atoms with Crippen molar-refractivity contribution in [2.24, 2.45) is 0 Å². The summed E-state index contributed by atoms with van der Waals surface area (Å²) in [6.45, 7) is 2.32. The van der Waals surface area contributed by atoms with Crippen LogP contribution < -0.4 is 4.74 Å². The summed E-state index contributed by atoms with van der Waals surface area (Å²) in [5, 5.41) is 7.75. The predicted molar refractivity (Wildman–Crippen MR) is 78.0 cm³/mol. The van der Waals surface area contributed by atoms with E-state index in [0.717, 1.165) is 17.8 Å². The number of hydrogen-bond donors (Lipinski definition) is 0. The molecule has 1 fully saturated rings. The molecule has 1 amide bonds. The summed E-state index contributed by atoms with van der Waals surface area (Å²) in [5.74, 6) is -4.83. The maximum absolute atomic E-state index is 13.7. The Hall–Kier alpha value is -2.64. The van der Waals surface area contributed by atoms with Gasteiger partial charge in [-0.2, -0.15) is 5.10 Å². The maximum Gasteiger partial charge on any atom is 0.257 e. The third kappa shape index (κ3) is 3.17. The van der Waals surface area contributed by atoms with Crippen LogP contribution in [0.15, 0.2) is 24.3 Å². The minimum atomic E-state index is -1.65. The highest BCUT2D eigenvalue weighted by atomic mass is 19.2. The van der Waals surface area contributed by atoms with E-state index in [1.54, 1.807) is 19.1 Å². The Morgan fingerprint density at radius 2 is 1.96 bits per heavy atom. The second kappa shape index (κ2) is 6.46. The summed E-state index contributed by atoms with van der Waals surface area (Å²) >= 11 is 0. The third-order valence-corrected chi connectivity index (χ3v) is 3.76. The van der Waals surface area contributed by atoms with Crippen molar-refractivity contribution in [3.8, 4) is 5.88 Å². The average Bonchev–Trinajstić information content (AvgIpc) is 3.03. The molecule has 1 aliphatic heterocycles. The number of rotatable bonds is 3. The molecular formula is C16H14F3N3O2. The lowest BCUT2D eigenvalue weighted by Crippen LogP contribution is -2.31. The van der Waals surface area contributed by atoms with E-state index in [4.69, 9.17) is 4.74 Å². The van der Waals surface area contributed by atoms with Crippen molar-refractivity contribution in [3.05, 3.63) is 53.0 Å². The van der Waals surface area contributed by atoms with Crippen LogP contribution in [0, 0.1) is 24.4 Å². The molecule has 3 rings (SSSR count). The lowest BCUT2D eigenvalue weighted by atomic mass is 10.1. The zero-order valence-electron chi connectivity index (χ0n) is 12.8. The second-order valence-electron chi connectivity index (χ2n) is 5.52. The van der Waals surface area contributed by atoms with Crippen LogP contribution in [-0.4, -0.2) is 40.2 Å². The Morgan fingerprint density at radius 3 is 2.67 bits per heavy atom. The van der Waals surface area contributed by atoms with Crippen molar-refractivity contribution in [1.82, 2.24) is 15.1 Å². The first-order valence-corrected chi connectivity index (χ1v) is 7.35. The molecule has 24 heavy (non-hydrogen) atoms. The summed E-state index contributed by atoms with van der Waals surface area (Å²) < 4.78 is 45.6. The van der Waals surface area contributed by atoms with Gasteiger partial charge in [-0.1, -0.05) is 0 Å². The number of carbonyl (C=O) groups is 1. The van der Waals surface area contributed by atoms with Crippen molar-refractivity contribution in [2.45, 2.75) is 19.4 Å². The predicted octanol–water partition coefficient (Wildman–Crippen LogP) is 2.50. The third-order valence-electron chi connectivity index (χ3n) is 3.76. The molecule has 8 heteroatoms. The lowest BCUT2D eigenvalue weighted by molar-refractivity contribution is 0.0765. The molecule has 0 spiro atoms. The summed E-state index contributed by atoms with van der Waals surface area (Å²) in [5.41, 5.74) is 0.254. The number of halogens is 3. The minimum absolute atomic E-state index is 0.201. The van der Waals surface area contributed by atoms with Crippen LogP contribution in [0.1, 0.15) is 22.5 Å². The van der Waals surface area contributed by atoms with E-state index >= 15 is 0 Å². The minimum Gasteiger partial charge on any atom is -0.471 e. The summed E-state index contributed by atoms with van der Waals surface area (Å²) in [6.07, 6.45) is 0.200. The van der Waals surface area contributed by atoms with Crippen LogP contribution in [0.4, 0.5) is 13.2 Å². The first kappa shape index (κ1) is 16.2. The lowest BCUT2D eigenvalue weighted by Gasteiger charge is -2.17. The van der Waals surface area contributed by atoms with E-state index in [0.29, 0.717) is 18.8 Å². The number of nitrogens with zero attached hydrogens (tertiary/aromatic N) is 3. The Kier molecular flexibility index (Phi) is 4.37. The van der Waals surface area contributed by atoms with Crippen LogP contribution >= 0.6 is 0 Å². The highest BCUT2D eigenvalue weighted by molar-refractivity contribution is 5.94. The van der Waals surface area contributed by atoms with Crippen molar-refractivity contribution in [2.75, 3.05) is 13.1 Å². The molecule has 0 saturated carbocycles. The highest BCUT2D eigenvalue weighted by Crippen LogP contribution is 2.21. The Balaban J connectivity index is 1.68. The molecule has 5 nitrogen and oxygen atoms in total. The van der Waals surface area contributed by atoms with Crippen molar-refractivity contribution < 1.29 is 22.7 Å². The number of benzene rings is 1. The van der Waals surface area contributed by atoms with Crippen molar-refractivity contribution in [3.63, 3.8) is 0 Å². The zero-order valence-corrected chi connectivity index (χ0v) is 12.8. The van der Waals surface area contributed by atoms with E-state index in [-0.39, 0.29) is 12.6 Å². The standard InChI is InChI=1S/C16H14F3N3O2/c1-9-2-5-13(21-20-9)24-10-6-7-22(8-10)16(23)11-3-4-12(17)15(19)14(11)18/h2-5,10H,6-8H2,1H3. The quantitative estimate of drug-likeness (QED) is 0.808. The summed E-state index contributed by atoms with van der Waals surface area (Å²) in [7, 11) is 0. The van der Waals surface area contributed by atoms with Gasteiger partial charge >= 0.3 is 0 Å². The second-order valence-corrected chi connectivity index (χ2v) is 5.52. The molecule has 1 aliphatic rings. The van der Waals surface area contributed by atoms with Gasteiger partial charge in [-0.05, 0) is 25.1 Å². The average molecular weight is 337 g/mol. The van der Waals surface area contributed by atoms with E-state index in [2.05, 4.69) is 10.2 Å². The van der Waals surface area contributed by atoms with Gasteiger partial charge < -0.3 is 9.64 Å². The van der Waals surface area contributed by atoms with Crippen molar-refractivity contribution in [1.29, 1.82) is 0 Å². The fraction of sp³-hybridized carbons (Fsp3) is 0.312. The number of aromatic nitrogens is 2. The van der Waals surface area contributed by atoms with Crippen LogP contribution in [-0.2, 0) is 0 Å². The van der Waals surface area contributed by atoms with E-state index in [1.165, 1.54) is 4.90 Å². The topological polar surface area (TPSA) is 55.3 Å². The first-order chi connectivity index (χ1) is 11.5. The molecule has 2 heterocycles. The molecule has 1 unspecified atom stereocenters.